The van der Waals surface area contributed by atoms with Crippen molar-refractivity contribution in [2.45, 2.75) is 26.3 Å². The molecule has 11 heavy (non-hydrogen) atoms. The Morgan fingerprint density at radius 1 is 1.55 bits per heavy atom. The van der Waals surface area contributed by atoms with E-state index in [0.717, 1.165) is 12.1 Å². The predicted octanol–water partition coefficient (Wildman–Crippen LogP) is 1.35. The van der Waals surface area contributed by atoms with E-state index >= 15 is 0 Å². The molecule has 0 N–H and O–H groups in total. The van der Waals surface area contributed by atoms with E-state index in [0.29, 0.717) is 6.04 Å². The lowest BCUT2D eigenvalue weighted by Gasteiger charge is -2.18. The van der Waals surface area contributed by atoms with Crippen LogP contribution < -0.4 is 0 Å². The molecular weight excluding hydrogens is 140 g/mol. The number of hydrogen-bond acceptors (Lipinski definition) is 3. The summed E-state index contributed by atoms with van der Waals surface area (Å²) < 4.78 is 0. The summed E-state index contributed by atoms with van der Waals surface area (Å²) in [5.41, 5.74) is 1.04. The molecule has 3 nitrogen and oxygen atoms in total. The summed E-state index contributed by atoms with van der Waals surface area (Å²) in [4.78, 5) is 6.82. The van der Waals surface area contributed by atoms with Crippen LogP contribution in [0.5, 0.6) is 0 Å². The van der Waals surface area contributed by atoms with Crippen molar-refractivity contribution in [3.63, 3.8) is 0 Å². The highest BCUT2D eigenvalue weighted by Gasteiger charge is 2.05. The maximum Gasteiger partial charge on any atom is 0.106 e. The second-order valence-corrected chi connectivity index (χ2v) is 3.03. The molecule has 0 aliphatic rings. The molecule has 0 aromatic heterocycles. The van der Waals surface area contributed by atoms with Gasteiger partial charge in [-0.2, -0.15) is 0 Å². The molecule has 1 unspecified atom stereocenters. The van der Waals surface area contributed by atoms with E-state index < -0.39 is 0 Å². The summed E-state index contributed by atoms with van der Waals surface area (Å²) >= 11 is 0. The lowest BCUT2D eigenvalue weighted by atomic mass is 10.1. The van der Waals surface area contributed by atoms with Crippen LogP contribution in [0.15, 0.2) is 5.16 Å². The molecule has 0 aliphatic carbocycles. The van der Waals surface area contributed by atoms with Crippen molar-refractivity contribution in [2.75, 3.05) is 21.2 Å². The second-order valence-electron chi connectivity index (χ2n) is 3.03. The zero-order valence-electron chi connectivity index (χ0n) is 8.09. The lowest BCUT2D eigenvalue weighted by Crippen LogP contribution is -2.26. The molecule has 0 aromatic carbocycles. The van der Waals surface area contributed by atoms with Gasteiger partial charge in [0.1, 0.15) is 7.11 Å². The summed E-state index contributed by atoms with van der Waals surface area (Å²) in [6.07, 6.45) is 0.959. The molecular formula is C8H18N2O. The van der Waals surface area contributed by atoms with Gasteiger partial charge in [-0.05, 0) is 27.9 Å². The Kier molecular flexibility index (Phi) is 4.86. The SMILES string of the molecule is CO/N=C(/C)CC(C)N(C)C. The Labute approximate surface area is 69.0 Å². The molecule has 0 saturated carbocycles. The van der Waals surface area contributed by atoms with Crippen LogP contribution in [0.25, 0.3) is 0 Å². The monoisotopic (exact) mass is 158 g/mol. The third-order valence-electron chi connectivity index (χ3n) is 1.72. The van der Waals surface area contributed by atoms with Gasteiger partial charge in [0, 0.05) is 12.5 Å². The summed E-state index contributed by atoms with van der Waals surface area (Å²) in [5, 5.41) is 3.84. The minimum Gasteiger partial charge on any atom is -0.399 e. The molecule has 0 bridgehead atoms. The van der Waals surface area contributed by atoms with E-state index in [1.54, 1.807) is 7.11 Å². The fourth-order valence-electron chi connectivity index (χ4n) is 0.803. The third-order valence-corrected chi connectivity index (χ3v) is 1.72. The maximum atomic E-state index is 4.65. The van der Waals surface area contributed by atoms with Crippen LogP contribution in [0.3, 0.4) is 0 Å². The molecule has 0 aromatic rings. The molecule has 0 aliphatic heterocycles. The molecule has 0 rings (SSSR count). The van der Waals surface area contributed by atoms with Crippen molar-refractivity contribution in [2.24, 2.45) is 5.16 Å². The molecule has 3 heteroatoms. The highest BCUT2D eigenvalue weighted by Crippen LogP contribution is 1.99. The van der Waals surface area contributed by atoms with Crippen LogP contribution in [-0.4, -0.2) is 37.9 Å². The third kappa shape index (κ3) is 4.79. The molecule has 0 heterocycles. The highest BCUT2D eigenvalue weighted by atomic mass is 16.6. The van der Waals surface area contributed by atoms with Crippen molar-refractivity contribution in [1.29, 1.82) is 0 Å². The number of hydrogen-bond donors (Lipinski definition) is 0. The van der Waals surface area contributed by atoms with Gasteiger partial charge in [0.25, 0.3) is 0 Å². The standard InChI is InChI=1S/C8H18N2O/c1-7(9-11-5)6-8(2)10(3)4/h8H,6H2,1-5H3/b9-7-. The van der Waals surface area contributed by atoms with Gasteiger partial charge in [-0.1, -0.05) is 5.16 Å². The van der Waals surface area contributed by atoms with Gasteiger partial charge in [-0.15, -0.1) is 0 Å². The molecule has 0 fully saturated rings. The van der Waals surface area contributed by atoms with E-state index in [2.05, 4.69) is 35.9 Å². The Hall–Kier alpha value is -0.570. The Balaban J connectivity index is 3.75. The average molecular weight is 158 g/mol. The fraction of sp³-hybridized carbons (Fsp3) is 0.875. The van der Waals surface area contributed by atoms with E-state index in [-0.39, 0.29) is 0 Å². The van der Waals surface area contributed by atoms with E-state index in [1.165, 1.54) is 0 Å². The Morgan fingerprint density at radius 3 is 2.45 bits per heavy atom. The first-order valence-electron chi connectivity index (χ1n) is 3.81. The zero-order chi connectivity index (χ0) is 8.85. The molecule has 0 amide bonds. The van der Waals surface area contributed by atoms with Crippen molar-refractivity contribution >= 4 is 5.71 Å². The fourth-order valence-corrected chi connectivity index (χ4v) is 0.803. The van der Waals surface area contributed by atoms with Gasteiger partial charge in [0.2, 0.25) is 0 Å². The van der Waals surface area contributed by atoms with Gasteiger partial charge >= 0.3 is 0 Å². The highest BCUT2D eigenvalue weighted by molar-refractivity contribution is 5.81. The van der Waals surface area contributed by atoms with Crippen LogP contribution in [0.1, 0.15) is 20.3 Å². The number of oxime groups is 1. The van der Waals surface area contributed by atoms with Crippen LogP contribution in [-0.2, 0) is 4.84 Å². The topological polar surface area (TPSA) is 24.8 Å². The first kappa shape index (κ1) is 10.4. The van der Waals surface area contributed by atoms with Crippen LogP contribution >= 0.6 is 0 Å². The van der Waals surface area contributed by atoms with Crippen molar-refractivity contribution in [1.82, 2.24) is 4.90 Å². The lowest BCUT2D eigenvalue weighted by molar-refractivity contribution is 0.210. The van der Waals surface area contributed by atoms with Crippen molar-refractivity contribution < 1.29 is 4.84 Å². The molecule has 1 atom stereocenters. The molecule has 0 radical (unpaired) electrons. The van der Waals surface area contributed by atoms with E-state index in [4.69, 9.17) is 0 Å². The molecule has 0 saturated heterocycles. The maximum absolute atomic E-state index is 4.65. The predicted molar refractivity (Wildman–Crippen MR) is 47.9 cm³/mol. The van der Waals surface area contributed by atoms with E-state index in [9.17, 15) is 0 Å². The summed E-state index contributed by atoms with van der Waals surface area (Å²) in [6.45, 7) is 4.14. The van der Waals surface area contributed by atoms with Crippen LogP contribution in [0.4, 0.5) is 0 Å². The van der Waals surface area contributed by atoms with E-state index in [1.807, 2.05) is 6.92 Å². The Bertz CT molecular complexity index is 132. The van der Waals surface area contributed by atoms with Gasteiger partial charge < -0.3 is 9.74 Å². The summed E-state index contributed by atoms with van der Waals surface area (Å²) in [6, 6.07) is 0.522. The smallest absolute Gasteiger partial charge is 0.106 e. The largest absolute Gasteiger partial charge is 0.399 e. The summed E-state index contributed by atoms with van der Waals surface area (Å²) in [7, 11) is 5.69. The van der Waals surface area contributed by atoms with Crippen molar-refractivity contribution in [3.05, 3.63) is 0 Å². The van der Waals surface area contributed by atoms with Gasteiger partial charge in [0.05, 0.1) is 5.71 Å². The minimum atomic E-state index is 0.522. The van der Waals surface area contributed by atoms with Gasteiger partial charge in [0.15, 0.2) is 0 Å². The molecule has 0 spiro atoms. The van der Waals surface area contributed by atoms with Crippen LogP contribution in [0.2, 0.25) is 0 Å². The number of rotatable bonds is 4. The zero-order valence-corrected chi connectivity index (χ0v) is 8.09. The molecule has 66 valence electrons. The Morgan fingerprint density at radius 2 is 2.09 bits per heavy atom. The average Bonchev–Trinajstić information content (AvgIpc) is 1.87. The quantitative estimate of drug-likeness (QED) is 0.455. The normalized spacial score (nSPS) is 15.3. The van der Waals surface area contributed by atoms with Gasteiger partial charge in [-0.25, -0.2) is 0 Å². The second kappa shape index (κ2) is 5.13. The van der Waals surface area contributed by atoms with Gasteiger partial charge in [-0.3, -0.25) is 0 Å². The first-order valence-corrected chi connectivity index (χ1v) is 3.81. The summed E-state index contributed by atoms with van der Waals surface area (Å²) in [5.74, 6) is 0. The van der Waals surface area contributed by atoms with Crippen LogP contribution in [0, 0.1) is 0 Å². The minimum absolute atomic E-state index is 0.522. The first-order chi connectivity index (χ1) is 5.07. The number of nitrogens with zero attached hydrogens (tertiary/aromatic N) is 2. The van der Waals surface area contributed by atoms with Crippen molar-refractivity contribution in [3.8, 4) is 0 Å².